The van der Waals surface area contributed by atoms with Gasteiger partial charge < -0.3 is 10.6 Å². The Morgan fingerprint density at radius 3 is 2.33 bits per heavy atom. The Labute approximate surface area is 135 Å². The van der Waals surface area contributed by atoms with E-state index in [1.165, 1.54) is 6.92 Å². The quantitative estimate of drug-likeness (QED) is 0.849. The molecule has 2 amide bonds. The molecule has 0 aromatic heterocycles. The van der Waals surface area contributed by atoms with E-state index in [0.717, 1.165) is 0 Å². The van der Waals surface area contributed by atoms with E-state index in [-0.39, 0.29) is 11.8 Å². The maximum atomic E-state index is 12.2. The topological polar surface area (TPSA) is 58.2 Å². The molecule has 0 aliphatic rings. The number of hydrogen-bond donors (Lipinski definition) is 2. The number of carbonyl (C=O) groups excluding carboxylic acids is 2. The molecule has 2 N–H and O–H groups in total. The fourth-order valence-electron chi connectivity index (χ4n) is 1.76. The number of rotatable bonds is 3. The van der Waals surface area contributed by atoms with E-state index in [1.807, 2.05) is 0 Å². The molecule has 0 unspecified atom stereocenters. The van der Waals surface area contributed by atoms with Crippen molar-refractivity contribution in [3.05, 3.63) is 57.5 Å². The first-order valence-electron chi connectivity index (χ1n) is 6.10. The summed E-state index contributed by atoms with van der Waals surface area (Å²) in [5, 5.41) is 5.75. The van der Waals surface area contributed by atoms with Gasteiger partial charge in [-0.2, -0.15) is 0 Å². The van der Waals surface area contributed by atoms with Crippen LogP contribution in [0.4, 0.5) is 11.4 Å². The van der Waals surface area contributed by atoms with Gasteiger partial charge in [-0.15, -0.1) is 0 Å². The van der Waals surface area contributed by atoms with Gasteiger partial charge in [0.25, 0.3) is 5.91 Å². The summed E-state index contributed by atoms with van der Waals surface area (Å²) in [7, 11) is 0. The minimum atomic E-state index is -0.318. The smallest absolute Gasteiger partial charge is 0.257 e. The van der Waals surface area contributed by atoms with Crippen LogP contribution in [0.5, 0.6) is 0 Å². The summed E-state index contributed by atoms with van der Waals surface area (Å²) >= 11 is 9.37. The highest BCUT2D eigenvalue weighted by Gasteiger charge is 2.12. The first-order valence-corrected chi connectivity index (χ1v) is 7.27. The molecule has 2 rings (SSSR count). The molecule has 6 heteroatoms. The number of carbonyl (C=O) groups is 2. The Morgan fingerprint density at radius 1 is 1.05 bits per heavy atom. The molecule has 0 aliphatic heterocycles. The summed E-state index contributed by atoms with van der Waals surface area (Å²) in [6, 6.07) is 12.0. The minimum absolute atomic E-state index is 0.173. The molecule has 21 heavy (non-hydrogen) atoms. The Hall–Kier alpha value is -1.85. The highest BCUT2D eigenvalue weighted by molar-refractivity contribution is 9.10. The minimum Gasteiger partial charge on any atom is -0.326 e. The lowest BCUT2D eigenvalue weighted by Gasteiger charge is -2.09. The molecule has 0 atom stereocenters. The number of hydrogen-bond acceptors (Lipinski definition) is 2. The lowest BCUT2D eigenvalue weighted by atomic mass is 10.2. The van der Waals surface area contributed by atoms with Crippen molar-refractivity contribution >= 4 is 50.7 Å². The van der Waals surface area contributed by atoms with Gasteiger partial charge in [0.2, 0.25) is 5.91 Å². The van der Waals surface area contributed by atoms with Gasteiger partial charge in [0.15, 0.2) is 0 Å². The summed E-state index contributed by atoms with van der Waals surface area (Å²) in [6.07, 6.45) is 0. The van der Waals surface area contributed by atoms with Crippen LogP contribution in [0.2, 0.25) is 5.02 Å². The van der Waals surface area contributed by atoms with E-state index in [9.17, 15) is 9.59 Å². The standard InChI is InChI=1S/C15H12BrClN2O2/c1-9(20)18-10-4-2-5-11(8-10)19-15(21)12-6-3-7-13(16)14(12)17/h2-8H,1H3,(H,18,20)(H,19,21). The van der Waals surface area contributed by atoms with Crippen molar-refractivity contribution in [2.24, 2.45) is 0 Å². The Bertz CT molecular complexity index is 704. The van der Waals surface area contributed by atoms with E-state index >= 15 is 0 Å². The van der Waals surface area contributed by atoms with Crippen LogP contribution in [0.25, 0.3) is 0 Å². The van der Waals surface area contributed by atoms with Gasteiger partial charge in [0.05, 0.1) is 10.6 Å². The van der Waals surface area contributed by atoms with E-state index in [4.69, 9.17) is 11.6 Å². The van der Waals surface area contributed by atoms with Gasteiger partial charge in [0.1, 0.15) is 0 Å². The normalized spacial score (nSPS) is 10.0. The Kier molecular flexibility index (Phi) is 4.98. The van der Waals surface area contributed by atoms with Gasteiger partial charge in [-0.25, -0.2) is 0 Å². The van der Waals surface area contributed by atoms with Crippen LogP contribution in [0, 0.1) is 0 Å². The highest BCUT2D eigenvalue weighted by Crippen LogP contribution is 2.27. The van der Waals surface area contributed by atoms with Gasteiger partial charge >= 0.3 is 0 Å². The van der Waals surface area contributed by atoms with E-state index in [1.54, 1.807) is 42.5 Å². The van der Waals surface area contributed by atoms with Crippen LogP contribution in [0.15, 0.2) is 46.9 Å². The number of halogens is 2. The van der Waals surface area contributed by atoms with E-state index in [0.29, 0.717) is 26.4 Å². The molecule has 108 valence electrons. The van der Waals surface area contributed by atoms with Crippen molar-refractivity contribution in [3.63, 3.8) is 0 Å². The van der Waals surface area contributed by atoms with Crippen molar-refractivity contribution in [2.45, 2.75) is 6.92 Å². The molecular weight excluding hydrogens is 356 g/mol. The molecule has 0 aliphatic carbocycles. The SMILES string of the molecule is CC(=O)Nc1cccc(NC(=O)c2cccc(Br)c2Cl)c1. The summed E-state index contributed by atoms with van der Waals surface area (Å²) in [6.45, 7) is 1.42. The number of amides is 2. The molecule has 0 spiro atoms. The molecule has 0 bridgehead atoms. The molecule has 2 aromatic rings. The maximum absolute atomic E-state index is 12.2. The highest BCUT2D eigenvalue weighted by atomic mass is 79.9. The maximum Gasteiger partial charge on any atom is 0.257 e. The second-order valence-corrected chi connectivity index (χ2v) is 5.55. The largest absolute Gasteiger partial charge is 0.326 e. The van der Waals surface area contributed by atoms with Gasteiger partial charge in [-0.3, -0.25) is 9.59 Å². The monoisotopic (exact) mass is 366 g/mol. The lowest BCUT2D eigenvalue weighted by molar-refractivity contribution is -0.114. The zero-order chi connectivity index (χ0) is 15.4. The second-order valence-electron chi connectivity index (χ2n) is 4.32. The molecule has 0 heterocycles. The van der Waals surface area contributed by atoms with Crippen molar-refractivity contribution in [1.82, 2.24) is 0 Å². The molecule has 0 saturated carbocycles. The van der Waals surface area contributed by atoms with Crippen molar-refractivity contribution in [3.8, 4) is 0 Å². The van der Waals surface area contributed by atoms with Gasteiger partial charge in [0, 0.05) is 22.8 Å². The summed E-state index contributed by atoms with van der Waals surface area (Å²) in [5.41, 5.74) is 1.55. The third-order valence-electron chi connectivity index (χ3n) is 2.64. The van der Waals surface area contributed by atoms with Gasteiger partial charge in [-0.1, -0.05) is 23.7 Å². The number of nitrogens with one attached hydrogen (secondary N) is 2. The number of benzene rings is 2. The Morgan fingerprint density at radius 2 is 1.67 bits per heavy atom. The van der Waals surface area contributed by atoms with Gasteiger partial charge in [-0.05, 0) is 46.3 Å². The van der Waals surface area contributed by atoms with Crippen LogP contribution < -0.4 is 10.6 Å². The second kappa shape index (κ2) is 6.74. The van der Waals surface area contributed by atoms with Crippen LogP contribution in [0.3, 0.4) is 0 Å². The summed E-state index contributed by atoms with van der Waals surface area (Å²) in [4.78, 5) is 23.2. The summed E-state index contributed by atoms with van der Waals surface area (Å²) in [5.74, 6) is -0.491. The summed E-state index contributed by atoms with van der Waals surface area (Å²) < 4.78 is 0.656. The third kappa shape index (κ3) is 4.06. The molecule has 0 saturated heterocycles. The zero-order valence-electron chi connectivity index (χ0n) is 11.1. The van der Waals surface area contributed by atoms with Crippen LogP contribution in [0.1, 0.15) is 17.3 Å². The fourth-order valence-corrected chi connectivity index (χ4v) is 2.33. The van der Waals surface area contributed by atoms with Crippen LogP contribution >= 0.6 is 27.5 Å². The molecule has 2 aromatic carbocycles. The first kappa shape index (κ1) is 15.5. The zero-order valence-corrected chi connectivity index (χ0v) is 13.5. The van der Waals surface area contributed by atoms with E-state index in [2.05, 4.69) is 26.6 Å². The molecule has 0 radical (unpaired) electrons. The lowest BCUT2D eigenvalue weighted by Crippen LogP contribution is -2.13. The predicted octanol–water partition coefficient (Wildman–Crippen LogP) is 4.31. The van der Waals surface area contributed by atoms with Crippen LogP contribution in [-0.2, 0) is 4.79 Å². The molecular formula is C15H12BrClN2O2. The first-order chi connectivity index (χ1) is 9.97. The third-order valence-corrected chi connectivity index (χ3v) is 3.93. The Balaban J connectivity index is 2.20. The number of anilines is 2. The van der Waals surface area contributed by atoms with Crippen molar-refractivity contribution < 1.29 is 9.59 Å². The average molecular weight is 368 g/mol. The molecule has 0 fully saturated rings. The predicted molar refractivity (Wildman–Crippen MR) is 87.9 cm³/mol. The fraction of sp³-hybridized carbons (Fsp3) is 0.0667. The molecule has 4 nitrogen and oxygen atoms in total. The average Bonchev–Trinajstić information content (AvgIpc) is 2.41. The van der Waals surface area contributed by atoms with E-state index < -0.39 is 0 Å². The van der Waals surface area contributed by atoms with Crippen molar-refractivity contribution in [1.29, 1.82) is 0 Å². The van der Waals surface area contributed by atoms with Crippen LogP contribution in [-0.4, -0.2) is 11.8 Å². The van der Waals surface area contributed by atoms with Crippen molar-refractivity contribution in [2.75, 3.05) is 10.6 Å².